The Morgan fingerprint density at radius 2 is 1.69 bits per heavy atom. The Kier molecular flexibility index (Phi) is 7.01. The minimum atomic E-state index is 0.00796. The Balaban J connectivity index is 1.78. The second kappa shape index (κ2) is 9.25. The number of imidazole rings is 1. The summed E-state index contributed by atoms with van der Waals surface area (Å²) in [7, 11) is 0. The van der Waals surface area contributed by atoms with Crippen molar-refractivity contribution in [3.8, 4) is 5.75 Å². The molecule has 0 saturated carbocycles. The number of halogens is 4. The molecule has 0 radical (unpaired) electrons. The molecular weight excluding hydrogens is 434 g/mol. The summed E-state index contributed by atoms with van der Waals surface area (Å²) in [5, 5.41) is 2.06. The highest BCUT2D eigenvalue weighted by molar-refractivity contribution is 8.00. The molecule has 1 unspecified atom stereocenters. The van der Waals surface area contributed by atoms with Gasteiger partial charge >= 0.3 is 0 Å². The number of ether oxygens (including phenoxy) is 1. The van der Waals surface area contributed by atoms with E-state index >= 15 is 0 Å². The monoisotopic (exact) mass is 446 g/mol. The highest BCUT2D eigenvalue weighted by Gasteiger charge is 2.19. The van der Waals surface area contributed by atoms with Crippen LogP contribution in [0.1, 0.15) is 5.82 Å². The van der Waals surface area contributed by atoms with E-state index in [1.807, 2.05) is 18.2 Å². The topological polar surface area (TPSA) is 37.9 Å². The summed E-state index contributed by atoms with van der Waals surface area (Å²) in [6.07, 6.45) is 4.15. The van der Waals surface area contributed by atoms with E-state index in [0.717, 1.165) is 10.7 Å². The third-order valence-electron chi connectivity index (χ3n) is 3.52. The maximum absolute atomic E-state index is 6.31. The summed E-state index contributed by atoms with van der Waals surface area (Å²) < 4.78 is 5.92. The van der Waals surface area contributed by atoms with Gasteiger partial charge in [-0.3, -0.25) is 0 Å². The Bertz CT molecular complexity index is 853. The quantitative estimate of drug-likeness (QED) is 0.404. The van der Waals surface area contributed by atoms with Crippen LogP contribution in [0.15, 0.2) is 53.7 Å². The highest BCUT2D eigenvalue weighted by atomic mass is 35.5. The lowest BCUT2D eigenvalue weighted by atomic mass is 10.3. The molecule has 0 aliphatic rings. The Labute approximate surface area is 176 Å². The summed E-state index contributed by atoms with van der Waals surface area (Å²) in [6.45, 7) is 0.382. The number of nitrogens with zero attached hydrogens (tertiary/aromatic N) is 1. The van der Waals surface area contributed by atoms with Crippen molar-refractivity contribution in [2.45, 2.75) is 16.6 Å². The molecule has 0 amide bonds. The van der Waals surface area contributed by atoms with Crippen LogP contribution in [0.2, 0.25) is 20.1 Å². The molecule has 0 spiro atoms. The van der Waals surface area contributed by atoms with Gasteiger partial charge in [0.05, 0.1) is 20.3 Å². The third kappa shape index (κ3) is 5.02. The summed E-state index contributed by atoms with van der Waals surface area (Å²) >= 11 is 26.4. The smallest absolute Gasteiger partial charge is 0.139 e. The summed E-state index contributed by atoms with van der Waals surface area (Å²) in [6, 6.07) is 10.7. The first kappa shape index (κ1) is 19.7. The molecule has 8 heteroatoms. The summed E-state index contributed by atoms with van der Waals surface area (Å²) in [5.74, 6) is 1.39. The second-order valence-corrected chi connectivity index (χ2v) is 8.30. The number of thioether (sulfide) groups is 1. The number of aromatic amines is 1. The predicted molar refractivity (Wildman–Crippen MR) is 110 cm³/mol. The molecular formula is C18H14Cl4N2OS. The van der Waals surface area contributed by atoms with Gasteiger partial charge in [-0.2, -0.15) is 0 Å². The molecule has 136 valence electrons. The molecule has 0 saturated heterocycles. The van der Waals surface area contributed by atoms with E-state index in [2.05, 4.69) is 9.97 Å². The van der Waals surface area contributed by atoms with Crippen molar-refractivity contribution in [2.24, 2.45) is 0 Å². The van der Waals surface area contributed by atoms with Gasteiger partial charge in [-0.25, -0.2) is 4.98 Å². The molecule has 26 heavy (non-hydrogen) atoms. The lowest BCUT2D eigenvalue weighted by Crippen LogP contribution is -2.18. The maximum Gasteiger partial charge on any atom is 0.139 e. The molecule has 0 aliphatic heterocycles. The average Bonchev–Trinajstić information content (AvgIpc) is 3.12. The maximum atomic E-state index is 6.31. The first-order valence-corrected chi connectivity index (χ1v) is 10.1. The predicted octanol–water partition coefficient (Wildman–Crippen LogP) is 6.81. The van der Waals surface area contributed by atoms with Crippen molar-refractivity contribution in [3.05, 3.63) is 74.7 Å². The van der Waals surface area contributed by atoms with Gasteiger partial charge in [0.25, 0.3) is 0 Å². The number of benzene rings is 2. The molecule has 1 atom stereocenters. The van der Waals surface area contributed by atoms with Gasteiger partial charge in [0.1, 0.15) is 23.2 Å². The SMILES string of the molecule is Clc1cccc(OCC(Cc2ncc[nH]2)Sc2c(Cl)cccc2Cl)c1Cl. The molecule has 1 heterocycles. The zero-order valence-electron chi connectivity index (χ0n) is 13.4. The van der Waals surface area contributed by atoms with Gasteiger partial charge in [-0.15, -0.1) is 11.8 Å². The normalized spacial score (nSPS) is 12.2. The van der Waals surface area contributed by atoms with E-state index in [9.17, 15) is 0 Å². The minimum Gasteiger partial charge on any atom is -0.491 e. The zero-order chi connectivity index (χ0) is 18.5. The molecule has 3 aromatic rings. The number of hydrogen-bond donors (Lipinski definition) is 1. The Hall–Kier alpha value is -1.04. The van der Waals surface area contributed by atoms with Crippen LogP contribution in [0.3, 0.4) is 0 Å². The molecule has 0 bridgehead atoms. The van der Waals surface area contributed by atoms with E-state index < -0.39 is 0 Å². The van der Waals surface area contributed by atoms with Crippen LogP contribution < -0.4 is 4.74 Å². The molecule has 3 nitrogen and oxygen atoms in total. The zero-order valence-corrected chi connectivity index (χ0v) is 17.2. The third-order valence-corrected chi connectivity index (χ3v) is 6.49. The van der Waals surface area contributed by atoms with Crippen LogP contribution >= 0.6 is 58.2 Å². The van der Waals surface area contributed by atoms with Gasteiger partial charge in [-0.1, -0.05) is 58.5 Å². The summed E-state index contributed by atoms with van der Waals surface area (Å²) in [5.41, 5.74) is 0. The Morgan fingerprint density at radius 1 is 1.00 bits per heavy atom. The number of nitrogens with one attached hydrogen (secondary N) is 1. The van der Waals surface area contributed by atoms with Crippen LogP contribution in [0, 0.1) is 0 Å². The number of H-pyrrole nitrogens is 1. The van der Waals surface area contributed by atoms with E-state index in [1.165, 1.54) is 0 Å². The average molecular weight is 448 g/mol. The first-order chi connectivity index (χ1) is 12.5. The lowest BCUT2D eigenvalue weighted by Gasteiger charge is -2.18. The molecule has 0 aliphatic carbocycles. The van der Waals surface area contributed by atoms with Gasteiger partial charge in [-0.05, 0) is 24.3 Å². The number of aromatic nitrogens is 2. The second-order valence-electron chi connectivity index (χ2n) is 5.39. The summed E-state index contributed by atoms with van der Waals surface area (Å²) in [4.78, 5) is 8.21. The van der Waals surface area contributed by atoms with Gasteiger partial charge < -0.3 is 9.72 Å². The fourth-order valence-electron chi connectivity index (χ4n) is 2.30. The van der Waals surface area contributed by atoms with Crippen molar-refractivity contribution >= 4 is 58.2 Å². The molecule has 2 aromatic carbocycles. The van der Waals surface area contributed by atoms with E-state index in [0.29, 0.717) is 38.9 Å². The van der Waals surface area contributed by atoms with Crippen molar-refractivity contribution in [1.82, 2.24) is 9.97 Å². The van der Waals surface area contributed by atoms with Crippen molar-refractivity contribution in [3.63, 3.8) is 0 Å². The van der Waals surface area contributed by atoms with Crippen LogP contribution in [0.4, 0.5) is 0 Å². The van der Waals surface area contributed by atoms with Crippen LogP contribution in [-0.4, -0.2) is 21.8 Å². The van der Waals surface area contributed by atoms with Crippen LogP contribution in [0.25, 0.3) is 0 Å². The standard InChI is InChI=1S/C18H14Cl4N2OS/c19-12-3-2-6-15(17(12)22)25-10-11(9-16-23-7-8-24-16)26-18-13(20)4-1-5-14(18)21/h1-8,11H,9-10H2,(H,23,24). The van der Waals surface area contributed by atoms with Gasteiger partial charge in [0.2, 0.25) is 0 Å². The van der Waals surface area contributed by atoms with Gasteiger partial charge in [0, 0.05) is 23.7 Å². The largest absolute Gasteiger partial charge is 0.491 e. The highest BCUT2D eigenvalue weighted by Crippen LogP contribution is 2.38. The van der Waals surface area contributed by atoms with Gasteiger partial charge in [0.15, 0.2) is 0 Å². The molecule has 1 aromatic heterocycles. The van der Waals surface area contributed by atoms with E-state index in [-0.39, 0.29) is 5.25 Å². The number of rotatable bonds is 7. The van der Waals surface area contributed by atoms with Crippen LogP contribution in [0.5, 0.6) is 5.75 Å². The minimum absolute atomic E-state index is 0.00796. The van der Waals surface area contributed by atoms with Crippen molar-refractivity contribution in [1.29, 1.82) is 0 Å². The first-order valence-electron chi connectivity index (χ1n) is 7.70. The number of hydrogen-bond acceptors (Lipinski definition) is 3. The van der Waals surface area contributed by atoms with E-state index in [1.54, 1.807) is 42.4 Å². The molecule has 1 N–H and O–H groups in total. The van der Waals surface area contributed by atoms with Crippen LogP contribution in [-0.2, 0) is 6.42 Å². The molecule has 3 rings (SSSR count). The fraction of sp³-hybridized carbons (Fsp3) is 0.167. The molecule has 0 fully saturated rings. The lowest BCUT2D eigenvalue weighted by molar-refractivity contribution is 0.315. The fourth-order valence-corrected chi connectivity index (χ4v) is 4.38. The van der Waals surface area contributed by atoms with E-state index in [4.69, 9.17) is 51.1 Å². The van der Waals surface area contributed by atoms with Crippen molar-refractivity contribution < 1.29 is 4.74 Å². The Morgan fingerprint density at radius 3 is 2.38 bits per heavy atom. The van der Waals surface area contributed by atoms with Crippen molar-refractivity contribution in [2.75, 3.05) is 6.61 Å².